The number of hydrogen-bond acceptors (Lipinski definition) is 5. The number of nitrogens with zero attached hydrogens (tertiary/aromatic N) is 1. The third kappa shape index (κ3) is 4.06. The Morgan fingerprint density at radius 1 is 1.30 bits per heavy atom. The molecule has 0 bridgehead atoms. The van der Waals surface area contributed by atoms with Crippen LogP contribution in [0.4, 0.5) is 0 Å². The molecular formula is C19H23N3O3S2. The van der Waals surface area contributed by atoms with E-state index in [1.165, 1.54) is 6.07 Å². The number of carbonyl (C=O) groups is 1. The van der Waals surface area contributed by atoms with E-state index in [9.17, 15) is 13.2 Å². The molecule has 1 aliphatic heterocycles. The van der Waals surface area contributed by atoms with Crippen molar-refractivity contribution in [3.05, 3.63) is 51.7 Å². The van der Waals surface area contributed by atoms with E-state index in [0.29, 0.717) is 12.1 Å². The summed E-state index contributed by atoms with van der Waals surface area (Å²) in [5, 5.41) is 4.94. The van der Waals surface area contributed by atoms with E-state index in [0.717, 1.165) is 16.9 Å². The molecule has 0 unspecified atom stereocenters. The standard InChI is InChI=1S/C19H23N3O3S2/c1-4-12(2)17(19(23)20-11-15-13(3)9-10-26-15)21-18-14-7-5-6-8-16(14)27(24,25)22-18/h5-10,12,17H,4,11H2,1-3H3,(H,20,23)(H,21,22)/t12-,17-/m0/s1. The number of sulfonamides is 1. The molecule has 2 aromatic rings. The Kier molecular flexibility index (Phi) is 5.67. The van der Waals surface area contributed by atoms with E-state index in [1.54, 1.807) is 29.5 Å². The van der Waals surface area contributed by atoms with E-state index in [1.807, 2.05) is 32.2 Å². The Labute approximate surface area is 163 Å². The smallest absolute Gasteiger partial charge is 0.263 e. The fourth-order valence-electron chi connectivity index (χ4n) is 2.89. The number of carbonyl (C=O) groups excluding carboxylic acids is 1. The molecule has 0 spiro atoms. The molecule has 3 rings (SSSR count). The summed E-state index contributed by atoms with van der Waals surface area (Å²) in [6.07, 6.45) is 0.751. The largest absolute Gasteiger partial charge is 0.349 e. The highest BCUT2D eigenvalue weighted by molar-refractivity contribution is 7.90. The van der Waals surface area contributed by atoms with Gasteiger partial charge in [-0.1, -0.05) is 32.4 Å². The van der Waals surface area contributed by atoms with Crippen molar-refractivity contribution in [2.75, 3.05) is 0 Å². The fraction of sp³-hybridized carbons (Fsp3) is 0.368. The Morgan fingerprint density at radius 2 is 2.04 bits per heavy atom. The maximum absolute atomic E-state index is 12.8. The Balaban J connectivity index is 1.87. The second kappa shape index (κ2) is 7.82. The zero-order valence-corrected chi connectivity index (χ0v) is 17.2. The number of thiophene rings is 1. The van der Waals surface area contributed by atoms with Crippen molar-refractivity contribution in [2.45, 2.75) is 44.7 Å². The van der Waals surface area contributed by atoms with Gasteiger partial charge in [-0.15, -0.1) is 11.3 Å². The highest BCUT2D eigenvalue weighted by Gasteiger charge is 2.33. The van der Waals surface area contributed by atoms with Crippen LogP contribution in [0.3, 0.4) is 0 Å². The maximum atomic E-state index is 12.8. The van der Waals surface area contributed by atoms with Crippen LogP contribution in [0.25, 0.3) is 0 Å². The zero-order valence-electron chi connectivity index (χ0n) is 15.5. The molecule has 27 heavy (non-hydrogen) atoms. The summed E-state index contributed by atoms with van der Waals surface area (Å²) in [5.41, 5.74) is 1.65. The summed E-state index contributed by atoms with van der Waals surface area (Å²) in [6, 6.07) is 8.02. The highest BCUT2D eigenvalue weighted by atomic mass is 32.2. The van der Waals surface area contributed by atoms with Crippen LogP contribution in [0, 0.1) is 12.8 Å². The molecule has 6 nitrogen and oxygen atoms in total. The number of aryl methyl sites for hydroxylation is 1. The van der Waals surface area contributed by atoms with Gasteiger partial charge in [0.25, 0.3) is 10.0 Å². The highest BCUT2D eigenvalue weighted by Crippen LogP contribution is 2.24. The SMILES string of the molecule is CC[C@H](C)[C@H](N=C1NS(=O)(=O)c2ccccc21)C(=O)NCc1sccc1C. The number of fused-ring (bicyclic) bond motifs is 1. The van der Waals surface area contributed by atoms with Crippen LogP contribution < -0.4 is 10.0 Å². The van der Waals surface area contributed by atoms with Crippen molar-refractivity contribution in [1.82, 2.24) is 10.0 Å². The van der Waals surface area contributed by atoms with E-state index in [2.05, 4.69) is 15.0 Å². The van der Waals surface area contributed by atoms with Crippen LogP contribution in [0.2, 0.25) is 0 Å². The van der Waals surface area contributed by atoms with Crippen molar-refractivity contribution >= 4 is 33.1 Å². The third-order valence-corrected chi connectivity index (χ3v) is 7.19. The topological polar surface area (TPSA) is 87.6 Å². The second-order valence-electron chi connectivity index (χ2n) is 6.65. The van der Waals surface area contributed by atoms with Gasteiger partial charge in [0.1, 0.15) is 11.9 Å². The van der Waals surface area contributed by atoms with Gasteiger partial charge in [-0.3, -0.25) is 14.5 Å². The van der Waals surface area contributed by atoms with Crippen LogP contribution in [0.15, 0.2) is 45.6 Å². The minimum atomic E-state index is -3.62. The number of benzene rings is 1. The number of hydrogen-bond donors (Lipinski definition) is 2. The number of nitrogens with one attached hydrogen (secondary N) is 2. The normalized spacial score (nSPS) is 18.6. The van der Waals surface area contributed by atoms with Crippen LogP contribution in [0.5, 0.6) is 0 Å². The summed E-state index contributed by atoms with van der Waals surface area (Å²) in [5.74, 6) is 0.00535. The molecule has 0 radical (unpaired) electrons. The first kappa shape index (κ1) is 19.6. The molecule has 0 saturated carbocycles. The van der Waals surface area contributed by atoms with Crippen LogP contribution in [-0.4, -0.2) is 26.2 Å². The lowest BCUT2D eigenvalue weighted by Gasteiger charge is -2.19. The Morgan fingerprint density at radius 3 is 2.70 bits per heavy atom. The van der Waals surface area contributed by atoms with E-state index in [-0.39, 0.29) is 22.6 Å². The molecule has 0 fully saturated rings. The Bertz CT molecular complexity index is 980. The molecule has 144 valence electrons. The van der Waals surface area contributed by atoms with Crippen molar-refractivity contribution in [3.63, 3.8) is 0 Å². The Hall–Kier alpha value is -2.19. The van der Waals surface area contributed by atoms with Gasteiger partial charge in [-0.05, 0) is 42.0 Å². The zero-order chi connectivity index (χ0) is 19.6. The van der Waals surface area contributed by atoms with Crippen LogP contribution >= 0.6 is 11.3 Å². The maximum Gasteiger partial charge on any atom is 0.263 e. The summed E-state index contributed by atoms with van der Waals surface area (Å²) in [6.45, 7) is 6.39. The van der Waals surface area contributed by atoms with Gasteiger partial charge < -0.3 is 5.32 Å². The lowest BCUT2D eigenvalue weighted by atomic mass is 9.98. The molecule has 2 N–H and O–H groups in total. The van der Waals surface area contributed by atoms with E-state index in [4.69, 9.17) is 0 Å². The first-order valence-electron chi connectivity index (χ1n) is 8.84. The quantitative estimate of drug-likeness (QED) is 0.775. The molecule has 2 heterocycles. The number of aliphatic imine (C=N–C) groups is 1. The predicted octanol–water partition coefficient (Wildman–Crippen LogP) is 2.83. The first-order valence-corrected chi connectivity index (χ1v) is 11.2. The molecule has 0 aliphatic carbocycles. The van der Waals surface area contributed by atoms with E-state index < -0.39 is 16.1 Å². The molecular weight excluding hydrogens is 382 g/mol. The van der Waals surface area contributed by atoms with Gasteiger partial charge in [0.15, 0.2) is 0 Å². The van der Waals surface area contributed by atoms with Crippen molar-refractivity contribution in [2.24, 2.45) is 10.9 Å². The average molecular weight is 406 g/mol. The van der Waals surface area contributed by atoms with Crippen LogP contribution in [-0.2, 0) is 21.4 Å². The monoisotopic (exact) mass is 405 g/mol. The van der Waals surface area contributed by atoms with Gasteiger partial charge in [0.2, 0.25) is 5.91 Å². The first-order chi connectivity index (χ1) is 12.8. The average Bonchev–Trinajstić information content (AvgIpc) is 3.17. The van der Waals surface area contributed by atoms with E-state index >= 15 is 0 Å². The van der Waals surface area contributed by atoms with Gasteiger partial charge in [0.05, 0.1) is 11.4 Å². The predicted molar refractivity (Wildman–Crippen MR) is 107 cm³/mol. The molecule has 0 saturated heterocycles. The third-order valence-electron chi connectivity index (χ3n) is 4.77. The lowest BCUT2D eigenvalue weighted by Crippen LogP contribution is -2.38. The number of amides is 1. The van der Waals surface area contributed by atoms with Gasteiger partial charge >= 0.3 is 0 Å². The molecule has 1 aromatic heterocycles. The molecule has 1 aromatic carbocycles. The van der Waals surface area contributed by atoms with Gasteiger partial charge in [-0.2, -0.15) is 0 Å². The summed E-state index contributed by atoms with van der Waals surface area (Å²) >= 11 is 1.60. The molecule has 2 atom stereocenters. The summed E-state index contributed by atoms with van der Waals surface area (Å²) in [4.78, 5) is 18.6. The summed E-state index contributed by atoms with van der Waals surface area (Å²) in [7, 11) is -3.62. The van der Waals surface area contributed by atoms with Crippen LogP contribution in [0.1, 0.15) is 36.3 Å². The summed E-state index contributed by atoms with van der Waals surface area (Å²) < 4.78 is 27.0. The van der Waals surface area contributed by atoms with Crippen molar-refractivity contribution in [3.8, 4) is 0 Å². The minimum Gasteiger partial charge on any atom is -0.349 e. The van der Waals surface area contributed by atoms with Crippen molar-refractivity contribution < 1.29 is 13.2 Å². The lowest BCUT2D eigenvalue weighted by molar-refractivity contribution is -0.123. The number of amidine groups is 1. The second-order valence-corrected chi connectivity index (χ2v) is 9.31. The minimum absolute atomic E-state index is 0.0285. The number of rotatable bonds is 6. The molecule has 1 amide bonds. The molecule has 8 heteroatoms. The van der Waals surface area contributed by atoms with Gasteiger partial charge in [-0.25, -0.2) is 8.42 Å². The fourth-order valence-corrected chi connectivity index (χ4v) is 4.98. The molecule has 1 aliphatic rings. The van der Waals surface area contributed by atoms with Gasteiger partial charge in [0, 0.05) is 10.4 Å². The van der Waals surface area contributed by atoms with Crippen molar-refractivity contribution in [1.29, 1.82) is 0 Å².